The first-order valence-electron chi connectivity index (χ1n) is 7.52. The maximum Gasteiger partial charge on any atom is 0.167 e. The molecule has 0 saturated heterocycles. The number of benzene rings is 1. The van der Waals surface area contributed by atoms with Crippen molar-refractivity contribution in [3.63, 3.8) is 0 Å². The summed E-state index contributed by atoms with van der Waals surface area (Å²) in [6, 6.07) is 0. The van der Waals surface area contributed by atoms with Crippen LogP contribution in [-0.4, -0.2) is 26.9 Å². The van der Waals surface area contributed by atoms with Crippen LogP contribution >= 0.6 is 0 Å². The Kier molecular flexibility index (Phi) is 3.27. The Morgan fingerprint density at radius 2 is 1.75 bits per heavy atom. The minimum absolute atomic E-state index is 0.0133. The van der Waals surface area contributed by atoms with Crippen LogP contribution < -0.4 is 4.74 Å². The number of fused-ring (bicyclic) bond motifs is 3. The number of phenols is 2. The van der Waals surface area contributed by atoms with Crippen molar-refractivity contribution in [3.05, 3.63) is 39.9 Å². The van der Waals surface area contributed by atoms with Gasteiger partial charge in [-0.25, -0.2) is 0 Å². The Balaban J connectivity index is 2.34. The van der Waals surface area contributed by atoms with E-state index in [4.69, 9.17) is 4.74 Å². The first kappa shape index (κ1) is 16.1. The first-order valence-corrected chi connectivity index (χ1v) is 7.52. The predicted octanol–water partition coefficient (Wildman–Crippen LogP) is 2.95. The highest BCUT2D eigenvalue weighted by molar-refractivity contribution is 6.02. The zero-order valence-corrected chi connectivity index (χ0v) is 13.9. The monoisotopic (exact) mass is 330 g/mol. The smallest absolute Gasteiger partial charge is 0.167 e. The van der Waals surface area contributed by atoms with Gasteiger partial charge in [0.1, 0.15) is 34.3 Å². The number of aliphatic hydroxyl groups is 1. The second-order valence-electron chi connectivity index (χ2n) is 6.50. The molecule has 126 valence electrons. The second-order valence-corrected chi connectivity index (χ2v) is 6.50. The molecule has 1 atom stereocenters. The van der Waals surface area contributed by atoms with E-state index in [1.807, 2.05) is 0 Å². The molecule has 0 aromatic heterocycles. The van der Waals surface area contributed by atoms with Crippen LogP contribution in [0, 0.1) is 6.92 Å². The van der Waals surface area contributed by atoms with Crippen molar-refractivity contribution in [3.8, 4) is 17.2 Å². The summed E-state index contributed by atoms with van der Waals surface area (Å²) in [5.41, 5.74) is -0.170. The molecule has 0 fully saturated rings. The summed E-state index contributed by atoms with van der Waals surface area (Å²) in [6.07, 6.45) is 1.46. The summed E-state index contributed by atoms with van der Waals surface area (Å²) in [7, 11) is 0. The van der Waals surface area contributed by atoms with Gasteiger partial charge in [0, 0.05) is 17.2 Å². The molecule has 3 N–H and O–H groups in total. The number of carbonyl (C=O) groups excluding carboxylic acids is 2. The van der Waals surface area contributed by atoms with Gasteiger partial charge in [0.25, 0.3) is 0 Å². The van der Waals surface area contributed by atoms with Crippen molar-refractivity contribution in [2.24, 2.45) is 0 Å². The van der Waals surface area contributed by atoms with Gasteiger partial charge >= 0.3 is 0 Å². The average Bonchev–Trinajstić information content (AvgIpc) is 2.76. The van der Waals surface area contributed by atoms with Crippen molar-refractivity contribution < 1.29 is 29.6 Å². The Morgan fingerprint density at radius 1 is 1.12 bits per heavy atom. The van der Waals surface area contributed by atoms with Gasteiger partial charge in [0.15, 0.2) is 11.6 Å². The minimum Gasteiger partial charge on any atom is -0.507 e. The number of aliphatic hydroxyl groups excluding tert-OH is 1. The maximum atomic E-state index is 12.0. The number of aromatic hydroxyl groups is 2. The normalized spacial score (nSPS) is 21.8. The van der Waals surface area contributed by atoms with Crippen molar-refractivity contribution >= 4 is 11.6 Å². The fourth-order valence-electron chi connectivity index (χ4n) is 3.44. The Morgan fingerprint density at radius 3 is 2.29 bits per heavy atom. The highest BCUT2D eigenvalue weighted by Gasteiger charge is 2.49. The van der Waals surface area contributed by atoms with E-state index < -0.39 is 11.2 Å². The lowest BCUT2D eigenvalue weighted by molar-refractivity contribution is -0.114. The molecule has 1 aromatic rings. The number of hydrogen-bond acceptors (Lipinski definition) is 6. The summed E-state index contributed by atoms with van der Waals surface area (Å²) in [6.45, 7) is 5.92. The molecule has 0 radical (unpaired) electrons. The van der Waals surface area contributed by atoms with Gasteiger partial charge in [-0.3, -0.25) is 9.59 Å². The minimum atomic E-state index is -0.907. The number of ketones is 2. The Bertz CT molecular complexity index is 874. The topological polar surface area (TPSA) is 104 Å². The summed E-state index contributed by atoms with van der Waals surface area (Å²) in [5, 5.41) is 30.8. The van der Waals surface area contributed by atoms with E-state index >= 15 is 0 Å². The van der Waals surface area contributed by atoms with Gasteiger partial charge in [-0.1, -0.05) is 0 Å². The molecular weight excluding hydrogens is 312 g/mol. The molecular formula is C18H18O6. The van der Waals surface area contributed by atoms with E-state index in [9.17, 15) is 24.9 Å². The number of phenolic OH excluding ortho intramolecular Hbond substituents is 2. The van der Waals surface area contributed by atoms with Gasteiger partial charge in [0.05, 0.1) is 11.0 Å². The third kappa shape index (κ3) is 1.89. The van der Waals surface area contributed by atoms with Crippen LogP contribution in [-0.2, 0) is 10.2 Å². The number of allylic oxidation sites excluding steroid dienone is 3. The number of ether oxygens (including phenoxy) is 1. The molecule has 6 heteroatoms. The van der Waals surface area contributed by atoms with Crippen molar-refractivity contribution in [2.75, 3.05) is 0 Å². The Labute approximate surface area is 138 Å². The molecule has 1 aromatic carbocycles. The van der Waals surface area contributed by atoms with Crippen LogP contribution in [0.1, 0.15) is 48.7 Å². The van der Waals surface area contributed by atoms with Crippen LogP contribution in [0.3, 0.4) is 0 Å². The molecule has 0 amide bonds. The van der Waals surface area contributed by atoms with Crippen LogP contribution in [0.2, 0.25) is 0 Å². The molecule has 1 unspecified atom stereocenters. The first-order chi connectivity index (χ1) is 11.1. The summed E-state index contributed by atoms with van der Waals surface area (Å²) < 4.78 is 5.74. The molecule has 24 heavy (non-hydrogen) atoms. The summed E-state index contributed by atoms with van der Waals surface area (Å²) in [5.74, 6) is -0.976. The van der Waals surface area contributed by atoms with Crippen molar-refractivity contribution in [1.82, 2.24) is 0 Å². The standard InChI is InChI=1S/C18H18O6/c1-7-15(22)13(9(3)20)17-14(16(7)23)18(4)6-10(8(2)19)11(21)5-12(18)24-17/h5,21-23H,6H2,1-4H3. The molecule has 0 spiro atoms. The average molecular weight is 330 g/mol. The molecule has 6 nitrogen and oxygen atoms in total. The van der Waals surface area contributed by atoms with Gasteiger partial charge in [-0.15, -0.1) is 0 Å². The number of hydrogen-bond donors (Lipinski definition) is 3. The van der Waals surface area contributed by atoms with Gasteiger partial charge < -0.3 is 20.1 Å². The lowest BCUT2D eigenvalue weighted by Crippen LogP contribution is -2.28. The number of Topliss-reactive ketones (excluding diaryl/α,β-unsaturated/α-hetero) is 2. The second kappa shape index (κ2) is 4.87. The van der Waals surface area contributed by atoms with E-state index in [2.05, 4.69) is 0 Å². The van der Waals surface area contributed by atoms with E-state index in [1.165, 1.54) is 26.8 Å². The molecule has 1 aliphatic carbocycles. The van der Waals surface area contributed by atoms with E-state index in [1.54, 1.807) is 6.92 Å². The van der Waals surface area contributed by atoms with E-state index in [0.29, 0.717) is 11.3 Å². The lowest BCUT2D eigenvalue weighted by atomic mass is 9.72. The SMILES string of the molecule is CC(=O)C1=C(O)C=C2Oc3c(C(C)=O)c(O)c(C)c(O)c3C2(C)C1. The highest BCUT2D eigenvalue weighted by Crippen LogP contribution is 2.58. The van der Waals surface area contributed by atoms with Crippen LogP contribution in [0.4, 0.5) is 0 Å². The van der Waals surface area contributed by atoms with Crippen molar-refractivity contribution in [1.29, 1.82) is 0 Å². The van der Waals surface area contributed by atoms with E-state index in [0.717, 1.165) is 0 Å². The van der Waals surface area contributed by atoms with E-state index in [-0.39, 0.29) is 51.9 Å². The molecule has 0 bridgehead atoms. The number of carbonyl (C=O) groups is 2. The Hall–Kier alpha value is -2.76. The third-order valence-electron chi connectivity index (χ3n) is 4.83. The largest absolute Gasteiger partial charge is 0.507 e. The van der Waals surface area contributed by atoms with Crippen LogP contribution in [0.25, 0.3) is 0 Å². The highest BCUT2D eigenvalue weighted by atomic mass is 16.5. The predicted molar refractivity (Wildman–Crippen MR) is 85.5 cm³/mol. The number of rotatable bonds is 2. The molecule has 3 rings (SSSR count). The summed E-state index contributed by atoms with van der Waals surface area (Å²) in [4.78, 5) is 23.8. The van der Waals surface area contributed by atoms with Gasteiger partial charge in [-0.05, 0) is 34.1 Å². The molecule has 2 aliphatic rings. The molecule has 1 heterocycles. The van der Waals surface area contributed by atoms with Gasteiger partial charge in [-0.2, -0.15) is 0 Å². The quantitative estimate of drug-likeness (QED) is 0.720. The zero-order chi connectivity index (χ0) is 18.0. The fraction of sp³-hybridized carbons (Fsp3) is 0.333. The molecule has 1 aliphatic heterocycles. The summed E-state index contributed by atoms with van der Waals surface area (Å²) >= 11 is 0. The van der Waals surface area contributed by atoms with Crippen LogP contribution in [0.5, 0.6) is 17.2 Å². The van der Waals surface area contributed by atoms with Gasteiger partial charge in [0.2, 0.25) is 0 Å². The molecule has 0 saturated carbocycles. The third-order valence-corrected chi connectivity index (χ3v) is 4.83. The maximum absolute atomic E-state index is 12.0. The van der Waals surface area contributed by atoms with Crippen LogP contribution in [0.15, 0.2) is 23.2 Å². The lowest BCUT2D eigenvalue weighted by Gasteiger charge is -2.29. The fourth-order valence-corrected chi connectivity index (χ4v) is 3.44. The zero-order valence-electron chi connectivity index (χ0n) is 13.9. The van der Waals surface area contributed by atoms with Crippen molar-refractivity contribution in [2.45, 2.75) is 39.5 Å².